The lowest BCUT2D eigenvalue weighted by molar-refractivity contribution is -0.117. The number of hydrazine groups is 1. The Morgan fingerprint density at radius 2 is 1.80 bits per heavy atom. The monoisotopic (exact) mass is 339 g/mol. The first-order valence-electron chi connectivity index (χ1n) is 7.70. The summed E-state index contributed by atoms with van der Waals surface area (Å²) >= 11 is 0. The third-order valence-corrected chi connectivity index (χ3v) is 3.48. The lowest BCUT2D eigenvalue weighted by atomic mass is 10.2. The van der Waals surface area contributed by atoms with Gasteiger partial charge in [0.2, 0.25) is 0 Å². The maximum absolute atomic E-state index is 12.1. The Balaban J connectivity index is 1.94. The number of para-hydroxylation sites is 1. The zero-order valence-electron chi connectivity index (χ0n) is 14.4. The number of methoxy groups -OCH3 is 1. The third-order valence-electron chi connectivity index (χ3n) is 3.48. The number of hydrogen-bond acceptors (Lipinski definition) is 4. The number of amides is 2. The van der Waals surface area contributed by atoms with E-state index in [1.165, 1.54) is 6.08 Å². The maximum atomic E-state index is 12.1. The number of hydrogen-bond donors (Lipinski definition) is 2. The topological polar surface area (TPSA) is 70.7 Å². The average molecular weight is 339 g/mol. The van der Waals surface area contributed by atoms with Crippen molar-refractivity contribution in [2.75, 3.05) is 26.1 Å². The molecule has 0 saturated carbocycles. The summed E-state index contributed by atoms with van der Waals surface area (Å²) in [5.41, 5.74) is 6.87. The highest BCUT2D eigenvalue weighted by Gasteiger charge is 2.07. The molecule has 6 nitrogen and oxygen atoms in total. The Morgan fingerprint density at radius 3 is 2.52 bits per heavy atom. The van der Waals surface area contributed by atoms with E-state index in [0.717, 1.165) is 11.3 Å². The van der Waals surface area contributed by atoms with Crippen LogP contribution in [-0.2, 0) is 4.79 Å². The van der Waals surface area contributed by atoms with Gasteiger partial charge in [0.1, 0.15) is 5.75 Å². The molecule has 0 aliphatic heterocycles. The van der Waals surface area contributed by atoms with Crippen molar-refractivity contribution in [1.82, 2.24) is 10.9 Å². The van der Waals surface area contributed by atoms with E-state index in [1.54, 1.807) is 37.5 Å². The first-order valence-corrected chi connectivity index (χ1v) is 7.70. The van der Waals surface area contributed by atoms with E-state index in [2.05, 4.69) is 10.9 Å². The van der Waals surface area contributed by atoms with Gasteiger partial charge in [-0.15, -0.1) is 0 Å². The van der Waals surface area contributed by atoms with Crippen molar-refractivity contribution in [2.45, 2.75) is 0 Å². The Hall–Kier alpha value is -3.28. The fraction of sp³-hybridized carbons (Fsp3) is 0.158. The van der Waals surface area contributed by atoms with Crippen LogP contribution >= 0.6 is 0 Å². The van der Waals surface area contributed by atoms with Crippen molar-refractivity contribution in [1.29, 1.82) is 0 Å². The Kier molecular flexibility index (Phi) is 6.17. The second-order valence-corrected chi connectivity index (χ2v) is 5.46. The van der Waals surface area contributed by atoms with Crippen LogP contribution in [0.3, 0.4) is 0 Å². The number of anilines is 1. The van der Waals surface area contributed by atoms with Crippen LogP contribution in [-0.4, -0.2) is 33.0 Å². The van der Waals surface area contributed by atoms with Crippen LogP contribution in [0.2, 0.25) is 0 Å². The first-order chi connectivity index (χ1) is 12.0. The molecule has 0 aromatic heterocycles. The summed E-state index contributed by atoms with van der Waals surface area (Å²) in [7, 11) is 5.34. The summed E-state index contributed by atoms with van der Waals surface area (Å²) in [5, 5.41) is 0. The van der Waals surface area contributed by atoms with Gasteiger partial charge in [-0.3, -0.25) is 20.4 Å². The van der Waals surface area contributed by atoms with Crippen LogP contribution in [0.4, 0.5) is 5.69 Å². The van der Waals surface area contributed by atoms with Gasteiger partial charge in [0.05, 0.1) is 7.11 Å². The number of carbonyl (C=O) groups is 2. The van der Waals surface area contributed by atoms with E-state index in [9.17, 15) is 9.59 Å². The molecule has 0 aliphatic carbocycles. The Bertz CT molecular complexity index is 785. The first kappa shape index (κ1) is 18.1. The largest absolute Gasteiger partial charge is 0.496 e. The van der Waals surface area contributed by atoms with Gasteiger partial charge in [0.25, 0.3) is 11.8 Å². The van der Waals surface area contributed by atoms with Crippen molar-refractivity contribution in [2.24, 2.45) is 0 Å². The molecule has 0 heterocycles. The number of carbonyl (C=O) groups excluding carboxylic acids is 2. The molecule has 0 spiro atoms. The Morgan fingerprint density at radius 1 is 1.04 bits per heavy atom. The SMILES string of the molecule is COc1ccccc1/C=C/C(=O)NNC(=O)c1cccc(N(C)C)c1. The van der Waals surface area contributed by atoms with E-state index in [0.29, 0.717) is 11.3 Å². The van der Waals surface area contributed by atoms with Crippen molar-refractivity contribution in [3.8, 4) is 5.75 Å². The highest BCUT2D eigenvalue weighted by molar-refractivity contribution is 5.98. The molecule has 6 heteroatoms. The highest BCUT2D eigenvalue weighted by atomic mass is 16.5. The van der Waals surface area contributed by atoms with Crippen LogP contribution in [0.5, 0.6) is 5.75 Å². The van der Waals surface area contributed by atoms with Gasteiger partial charge < -0.3 is 9.64 Å². The molecule has 2 rings (SSSR count). The molecule has 2 amide bonds. The van der Waals surface area contributed by atoms with Crippen LogP contribution in [0.15, 0.2) is 54.6 Å². The van der Waals surface area contributed by atoms with Gasteiger partial charge >= 0.3 is 0 Å². The minimum absolute atomic E-state index is 0.386. The molecule has 2 aromatic carbocycles. The fourth-order valence-electron chi connectivity index (χ4n) is 2.13. The molecule has 25 heavy (non-hydrogen) atoms. The molecule has 2 aromatic rings. The van der Waals surface area contributed by atoms with Crippen molar-refractivity contribution in [3.05, 3.63) is 65.7 Å². The summed E-state index contributed by atoms with van der Waals surface area (Å²) in [5.74, 6) is -0.165. The molecule has 130 valence electrons. The van der Waals surface area contributed by atoms with E-state index in [-0.39, 0.29) is 5.91 Å². The maximum Gasteiger partial charge on any atom is 0.269 e. The molecule has 0 atom stereocenters. The van der Waals surface area contributed by atoms with E-state index >= 15 is 0 Å². The van der Waals surface area contributed by atoms with Gasteiger partial charge in [0, 0.05) is 37.0 Å². The van der Waals surface area contributed by atoms with Crippen molar-refractivity contribution >= 4 is 23.6 Å². The second-order valence-electron chi connectivity index (χ2n) is 5.46. The van der Waals surface area contributed by atoms with E-state index in [4.69, 9.17) is 4.74 Å². The number of nitrogens with one attached hydrogen (secondary N) is 2. The van der Waals surface area contributed by atoms with Crippen LogP contribution in [0, 0.1) is 0 Å². The van der Waals surface area contributed by atoms with Crippen LogP contribution in [0.25, 0.3) is 6.08 Å². The van der Waals surface area contributed by atoms with Crippen molar-refractivity contribution < 1.29 is 14.3 Å². The lowest BCUT2D eigenvalue weighted by Crippen LogP contribution is -2.40. The van der Waals surface area contributed by atoms with Crippen LogP contribution in [0.1, 0.15) is 15.9 Å². The van der Waals surface area contributed by atoms with Crippen LogP contribution < -0.4 is 20.5 Å². The van der Waals surface area contributed by atoms with Gasteiger partial charge in [-0.25, -0.2) is 0 Å². The number of rotatable bonds is 5. The zero-order chi connectivity index (χ0) is 18.2. The molecular formula is C19H21N3O3. The number of ether oxygens (including phenoxy) is 1. The normalized spacial score (nSPS) is 10.4. The number of benzene rings is 2. The van der Waals surface area contributed by atoms with Gasteiger partial charge in [-0.05, 0) is 30.3 Å². The number of nitrogens with zero attached hydrogens (tertiary/aromatic N) is 1. The van der Waals surface area contributed by atoms with Gasteiger partial charge in [-0.1, -0.05) is 24.3 Å². The predicted molar refractivity (Wildman–Crippen MR) is 98.4 cm³/mol. The zero-order valence-corrected chi connectivity index (χ0v) is 14.4. The summed E-state index contributed by atoms with van der Waals surface area (Å²) in [6.07, 6.45) is 2.95. The van der Waals surface area contributed by atoms with Gasteiger partial charge in [0.15, 0.2) is 0 Å². The van der Waals surface area contributed by atoms with Crippen molar-refractivity contribution in [3.63, 3.8) is 0 Å². The quantitative estimate of drug-likeness (QED) is 0.647. The Labute approximate surface area is 147 Å². The minimum Gasteiger partial charge on any atom is -0.496 e. The summed E-state index contributed by atoms with van der Waals surface area (Å²) in [6.45, 7) is 0. The second kappa shape index (κ2) is 8.54. The molecule has 0 saturated heterocycles. The summed E-state index contributed by atoms with van der Waals surface area (Å²) in [6, 6.07) is 14.4. The smallest absolute Gasteiger partial charge is 0.269 e. The van der Waals surface area contributed by atoms with Gasteiger partial charge in [-0.2, -0.15) is 0 Å². The molecular weight excluding hydrogens is 318 g/mol. The molecule has 0 unspecified atom stereocenters. The fourth-order valence-corrected chi connectivity index (χ4v) is 2.13. The average Bonchev–Trinajstić information content (AvgIpc) is 2.64. The molecule has 2 N–H and O–H groups in total. The van der Waals surface area contributed by atoms with E-state index < -0.39 is 5.91 Å². The molecule has 0 bridgehead atoms. The molecule has 0 radical (unpaired) electrons. The standard InChI is InChI=1S/C19H21N3O3/c1-22(2)16-9-6-8-15(13-16)19(24)21-20-18(23)12-11-14-7-4-5-10-17(14)25-3/h4-13H,1-3H3,(H,20,23)(H,21,24)/b12-11+. The summed E-state index contributed by atoms with van der Waals surface area (Å²) < 4.78 is 5.21. The lowest BCUT2D eigenvalue weighted by Gasteiger charge is -2.13. The predicted octanol–water partition coefficient (Wildman–Crippen LogP) is 2.24. The molecule has 0 fully saturated rings. The third kappa shape index (κ3) is 5.10. The van der Waals surface area contributed by atoms with E-state index in [1.807, 2.05) is 43.3 Å². The molecule has 0 aliphatic rings. The minimum atomic E-state index is -0.442. The summed E-state index contributed by atoms with van der Waals surface area (Å²) in [4.78, 5) is 25.9. The highest BCUT2D eigenvalue weighted by Crippen LogP contribution is 2.18.